The largest absolute Gasteiger partial charge is 0.505 e. The lowest BCUT2D eigenvalue weighted by molar-refractivity contribution is 0.0594. The van der Waals surface area contributed by atoms with Crippen molar-refractivity contribution < 1.29 is 53.1 Å². The van der Waals surface area contributed by atoms with Gasteiger partial charge in [-0.2, -0.15) is 0 Å². The Balaban J connectivity index is 6.04. The molecule has 0 rings (SSSR count). The van der Waals surface area contributed by atoms with Gasteiger partial charge in [0, 0.05) is 128 Å². The molecule has 0 amide bonds. The molecule has 0 aromatic rings. The van der Waals surface area contributed by atoms with Crippen molar-refractivity contribution in [2.45, 2.75) is 96.1 Å². The maximum atomic E-state index is 6.57. The summed E-state index contributed by atoms with van der Waals surface area (Å²) in [6.07, 6.45) is 3.55. The second-order valence-electron chi connectivity index (χ2n) is 10.7. The van der Waals surface area contributed by atoms with Crippen LogP contribution in [0, 0.1) is 0 Å². The normalized spacial score (nSPS) is 14.4. The molecule has 0 spiro atoms. The summed E-state index contributed by atoms with van der Waals surface area (Å²) in [6.45, 7) is 15.4. The lowest BCUT2D eigenvalue weighted by Gasteiger charge is -2.39. The van der Waals surface area contributed by atoms with Gasteiger partial charge in [0.2, 0.25) is 0 Å². The molecule has 0 N–H and O–H groups in total. The third kappa shape index (κ3) is 18.6. The summed E-state index contributed by atoms with van der Waals surface area (Å²) >= 11 is 0. The Hall–Kier alpha value is 1.79. The van der Waals surface area contributed by atoms with E-state index in [2.05, 4.69) is 0 Å². The average Bonchev–Trinajstić information content (AvgIpc) is 3.12. The minimum Gasteiger partial charge on any atom is -0.377 e. The van der Waals surface area contributed by atoms with Crippen LogP contribution in [0.5, 0.6) is 0 Å². The van der Waals surface area contributed by atoms with Crippen LogP contribution in [0.25, 0.3) is 0 Å². The monoisotopic (exact) mass is 862 g/mol. The summed E-state index contributed by atoms with van der Waals surface area (Å²) in [6, 6.07) is 2.23. The maximum absolute atomic E-state index is 6.57. The molecule has 0 heterocycles. The van der Waals surface area contributed by atoms with Crippen molar-refractivity contribution in [3.8, 4) is 0 Å². The fraction of sp³-hybridized carbons (Fsp3) is 1.00. The first-order valence-electron chi connectivity index (χ1n) is 17.8. The van der Waals surface area contributed by atoms with E-state index in [1.807, 2.05) is 84.7 Å². The highest BCUT2D eigenvalue weighted by Gasteiger charge is 2.53. The summed E-state index contributed by atoms with van der Waals surface area (Å²) in [4.78, 5) is 0. The Morgan fingerprint density at radius 2 is 0.800 bits per heavy atom. The lowest BCUT2D eigenvalue weighted by atomic mass is 10.2. The number of hydrogen-bond donors (Lipinski definition) is 0. The molecule has 50 heavy (non-hydrogen) atoms. The molecular formula is C30H70O12S4Si4. The molecule has 302 valence electrons. The Bertz CT molecular complexity index is 748. The van der Waals surface area contributed by atoms with E-state index in [0.29, 0.717) is 45.7 Å². The highest BCUT2D eigenvalue weighted by atomic mass is 33.1. The third-order valence-electron chi connectivity index (χ3n) is 7.84. The molecular weight excluding hydrogens is 793 g/mol. The van der Waals surface area contributed by atoms with Gasteiger partial charge in [0.1, 0.15) is 0 Å². The van der Waals surface area contributed by atoms with Crippen molar-refractivity contribution >= 4 is 78.4 Å². The van der Waals surface area contributed by atoms with Gasteiger partial charge >= 0.3 is 35.2 Å². The van der Waals surface area contributed by atoms with Crippen LogP contribution in [-0.2, 0) is 53.1 Å². The van der Waals surface area contributed by atoms with Gasteiger partial charge in [-0.15, -0.1) is 0 Å². The topological polar surface area (TPSA) is 111 Å². The van der Waals surface area contributed by atoms with Crippen LogP contribution in [0.4, 0.5) is 0 Å². The molecule has 0 bridgehead atoms. The molecule has 0 aliphatic heterocycles. The van der Waals surface area contributed by atoms with Crippen LogP contribution >= 0.6 is 43.2 Å². The van der Waals surface area contributed by atoms with Crippen molar-refractivity contribution in [2.75, 3.05) is 99.6 Å². The Labute approximate surface area is 325 Å². The molecule has 2 atom stereocenters. The van der Waals surface area contributed by atoms with Crippen LogP contribution < -0.4 is 0 Å². The lowest BCUT2D eigenvalue weighted by Crippen LogP contribution is -2.54. The van der Waals surface area contributed by atoms with Gasteiger partial charge in [-0.1, -0.05) is 43.2 Å². The van der Waals surface area contributed by atoms with Gasteiger partial charge in [-0.05, 0) is 67.2 Å². The molecule has 0 fully saturated rings. The minimum absolute atomic E-state index is 0.0459. The summed E-state index contributed by atoms with van der Waals surface area (Å²) < 4.78 is 72.3. The standard InChI is InChI=1S/C30H70O12S4Si4/c1-13-37-49(38-14-2,39-15-3)27-19-23-43-44-25-21-30(50(40-16-4,41-17-5)42-18-6)29(22-28-48(34-10,35-11)36-12)46-45-24-20-26-47(31-7,32-8)33-9/h29-30H,13-28H2,1-12H3. The molecule has 20 heteroatoms. The summed E-state index contributed by atoms with van der Waals surface area (Å²) in [5, 5.41) is 0.138. The van der Waals surface area contributed by atoms with E-state index in [1.165, 1.54) is 0 Å². The predicted molar refractivity (Wildman–Crippen MR) is 220 cm³/mol. The predicted octanol–water partition coefficient (Wildman–Crippen LogP) is 7.90. The quantitative estimate of drug-likeness (QED) is 0.0343. The summed E-state index contributed by atoms with van der Waals surface area (Å²) in [7, 11) is 6.25. The number of hydrogen-bond acceptors (Lipinski definition) is 16. The zero-order valence-electron chi connectivity index (χ0n) is 33.0. The first kappa shape index (κ1) is 51.8. The SMILES string of the molecule is CCO[Si](CCCSSCCC(C(CC[Si](OC)(OC)OC)SSCCC[Si](OC)(OC)OC)[Si](OCC)(OCC)OCC)(OCC)OCC. The fourth-order valence-corrected chi connectivity index (χ4v) is 21.8. The van der Waals surface area contributed by atoms with Crippen LogP contribution in [-0.4, -0.2) is 140 Å². The van der Waals surface area contributed by atoms with E-state index >= 15 is 0 Å². The van der Waals surface area contributed by atoms with Gasteiger partial charge in [-0.3, -0.25) is 0 Å². The zero-order chi connectivity index (χ0) is 37.8. The van der Waals surface area contributed by atoms with E-state index < -0.39 is 35.2 Å². The smallest absolute Gasteiger partial charge is 0.377 e. The minimum atomic E-state index is -3.12. The first-order chi connectivity index (χ1) is 24.1. The maximum Gasteiger partial charge on any atom is 0.505 e. The van der Waals surface area contributed by atoms with Crippen LogP contribution in [0.1, 0.15) is 67.2 Å². The summed E-state index contributed by atoms with van der Waals surface area (Å²) in [5.74, 6) is 2.82. The molecule has 0 saturated carbocycles. The van der Waals surface area contributed by atoms with Gasteiger partial charge in [0.05, 0.1) is 0 Å². The van der Waals surface area contributed by atoms with Crippen molar-refractivity contribution in [1.82, 2.24) is 0 Å². The Kier molecular flexibility index (Phi) is 32.0. The molecule has 0 aliphatic rings. The third-order valence-corrected chi connectivity index (χ3v) is 26.1. The molecule has 2 unspecified atom stereocenters. The fourth-order valence-electron chi connectivity index (χ4n) is 5.51. The van der Waals surface area contributed by atoms with Crippen molar-refractivity contribution in [1.29, 1.82) is 0 Å². The summed E-state index contributed by atoms with van der Waals surface area (Å²) in [5.41, 5.74) is 0.0459. The van der Waals surface area contributed by atoms with E-state index in [9.17, 15) is 0 Å². The Morgan fingerprint density at radius 3 is 1.22 bits per heavy atom. The Morgan fingerprint density at radius 1 is 0.420 bits per heavy atom. The van der Waals surface area contributed by atoms with Crippen molar-refractivity contribution in [2.24, 2.45) is 0 Å². The molecule has 0 radical (unpaired) electrons. The molecule has 0 saturated heterocycles. The van der Waals surface area contributed by atoms with E-state index in [-0.39, 0.29) is 10.8 Å². The van der Waals surface area contributed by atoms with E-state index in [0.717, 1.165) is 55.0 Å². The van der Waals surface area contributed by atoms with E-state index in [1.54, 1.807) is 42.7 Å². The average molecular weight is 863 g/mol. The van der Waals surface area contributed by atoms with Gasteiger partial charge in [0.15, 0.2) is 0 Å². The van der Waals surface area contributed by atoms with Gasteiger partial charge in [-0.25, -0.2) is 0 Å². The van der Waals surface area contributed by atoms with E-state index in [4.69, 9.17) is 53.1 Å². The van der Waals surface area contributed by atoms with Gasteiger partial charge < -0.3 is 53.1 Å². The van der Waals surface area contributed by atoms with Crippen LogP contribution in [0.3, 0.4) is 0 Å². The van der Waals surface area contributed by atoms with Gasteiger partial charge in [0.25, 0.3) is 0 Å². The molecule has 12 nitrogen and oxygen atoms in total. The van der Waals surface area contributed by atoms with Crippen LogP contribution in [0.15, 0.2) is 0 Å². The van der Waals surface area contributed by atoms with Crippen molar-refractivity contribution in [3.05, 3.63) is 0 Å². The van der Waals surface area contributed by atoms with Crippen molar-refractivity contribution in [3.63, 3.8) is 0 Å². The molecule has 0 aromatic heterocycles. The zero-order valence-corrected chi connectivity index (χ0v) is 40.3. The highest BCUT2D eigenvalue weighted by Crippen LogP contribution is 2.47. The first-order valence-corrected chi connectivity index (χ1v) is 30.3. The second-order valence-corrected chi connectivity index (χ2v) is 27.9. The number of rotatable bonds is 37. The second kappa shape index (κ2) is 30.9. The van der Waals surface area contributed by atoms with Crippen LogP contribution in [0.2, 0.25) is 23.7 Å². The molecule has 0 aromatic carbocycles. The molecule has 0 aliphatic carbocycles. The highest BCUT2D eigenvalue weighted by molar-refractivity contribution is 8.77.